The fraction of sp³-hybridized carbons (Fsp3) is 0.300. The summed E-state index contributed by atoms with van der Waals surface area (Å²) in [6.07, 6.45) is -4.70. The lowest BCUT2D eigenvalue weighted by atomic mass is 10.0. The van der Waals surface area contributed by atoms with Crippen LogP contribution in [0.5, 0.6) is 5.75 Å². The van der Waals surface area contributed by atoms with Gasteiger partial charge in [0.2, 0.25) is 0 Å². The average molecular weight is 253 g/mol. The van der Waals surface area contributed by atoms with E-state index in [1.165, 1.54) is 6.92 Å². The number of rotatable bonds is 2. The zero-order valence-corrected chi connectivity index (χ0v) is 8.93. The highest BCUT2D eigenvalue weighted by molar-refractivity contribution is 6.33. The molecule has 0 spiro atoms. The van der Waals surface area contributed by atoms with Crippen molar-refractivity contribution in [2.45, 2.75) is 18.5 Å². The molecule has 1 unspecified atom stereocenters. The Bertz CT molecular complexity index is 413. The number of ketones is 1. The minimum absolute atomic E-state index is 0.173. The average Bonchev–Trinajstić information content (AvgIpc) is 2.15. The Morgan fingerprint density at radius 1 is 1.44 bits per heavy atom. The number of carbonyl (C=O) groups excluding carboxylic acids is 1. The minimum Gasteiger partial charge on any atom is -0.507 e. The lowest BCUT2D eigenvalue weighted by Crippen LogP contribution is -2.13. The molecule has 0 aliphatic carbocycles. The Morgan fingerprint density at radius 2 is 2.00 bits per heavy atom. The van der Waals surface area contributed by atoms with Crippen molar-refractivity contribution in [1.29, 1.82) is 0 Å². The molecule has 2 nitrogen and oxygen atoms in total. The summed E-state index contributed by atoms with van der Waals surface area (Å²) >= 11 is 5.48. The van der Waals surface area contributed by atoms with Crippen molar-refractivity contribution in [2.75, 3.05) is 0 Å². The molecule has 1 aromatic rings. The normalized spacial score (nSPS) is 13.6. The van der Waals surface area contributed by atoms with Gasteiger partial charge < -0.3 is 5.11 Å². The Kier molecular flexibility index (Phi) is 3.48. The highest BCUT2D eigenvalue weighted by Crippen LogP contribution is 2.36. The number of phenols is 1. The van der Waals surface area contributed by atoms with E-state index in [0.717, 1.165) is 12.1 Å². The number of phenolic OH excluding ortho intramolecular Hbond substituents is 1. The number of aromatic hydroxyl groups is 1. The third-order valence-corrected chi connectivity index (χ3v) is 2.15. The lowest BCUT2D eigenvalue weighted by molar-refractivity contribution is -0.138. The molecule has 1 rings (SSSR count). The molecule has 0 fully saturated rings. The number of hydrogen-bond donors (Lipinski definition) is 1. The van der Waals surface area contributed by atoms with E-state index >= 15 is 0 Å². The molecule has 16 heavy (non-hydrogen) atoms. The number of carbonyl (C=O) groups is 1. The van der Waals surface area contributed by atoms with E-state index in [1.807, 2.05) is 0 Å². The van der Waals surface area contributed by atoms with E-state index in [4.69, 9.17) is 16.7 Å². The van der Waals surface area contributed by atoms with Crippen LogP contribution in [0.1, 0.15) is 22.8 Å². The summed E-state index contributed by atoms with van der Waals surface area (Å²) in [7, 11) is 0. The first kappa shape index (κ1) is 12.8. The fourth-order valence-electron chi connectivity index (χ4n) is 1.15. The molecule has 0 saturated heterocycles. The summed E-state index contributed by atoms with van der Waals surface area (Å²) in [5.41, 5.74) is -1.41. The number of Topliss-reactive ketones (excluding diaryl/α,β-unsaturated/α-hetero) is 1. The zero-order chi connectivity index (χ0) is 12.5. The quantitative estimate of drug-likeness (QED) is 0.648. The number of alkyl halides is 4. The second-order valence-electron chi connectivity index (χ2n) is 3.21. The van der Waals surface area contributed by atoms with Crippen LogP contribution in [0.3, 0.4) is 0 Å². The van der Waals surface area contributed by atoms with Crippen LogP contribution in [-0.4, -0.2) is 16.3 Å². The SMILES string of the molecule is CC(Cl)C(=O)c1ccc(O)c(C(F)(F)F)c1. The van der Waals surface area contributed by atoms with Crippen molar-refractivity contribution in [2.24, 2.45) is 0 Å². The molecule has 0 bridgehead atoms. The van der Waals surface area contributed by atoms with Gasteiger partial charge in [-0.15, -0.1) is 11.6 Å². The van der Waals surface area contributed by atoms with Gasteiger partial charge in [-0.3, -0.25) is 4.79 Å². The minimum atomic E-state index is -4.70. The lowest BCUT2D eigenvalue weighted by Gasteiger charge is -2.10. The summed E-state index contributed by atoms with van der Waals surface area (Å²) in [6, 6.07) is 2.53. The first-order valence-electron chi connectivity index (χ1n) is 4.32. The van der Waals surface area contributed by atoms with Gasteiger partial charge in [0, 0.05) is 5.56 Å². The first-order chi connectivity index (χ1) is 7.23. The van der Waals surface area contributed by atoms with Gasteiger partial charge in [0.1, 0.15) is 5.75 Å². The van der Waals surface area contributed by atoms with Crippen LogP contribution in [-0.2, 0) is 6.18 Å². The molecule has 0 radical (unpaired) electrons. The topological polar surface area (TPSA) is 37.3 Å². The van der Waals surface area contributed by atoms with Gasteiger partial charge in [-0.25, -0.2) is 0 Å². The number of hydrogen-bond acceptors (Lipinski definition) is 2. The van der Waals surface area contributed by atoms with Gasteiger partial charge in [0.05, 0.1) is 10.9 Å². The third-order valence-electron chi connectivity index (χ3n) is 1.95. The van der Waals surface area contributed by atoms with Crippen LogP contribution in [0.15, 0.2) is 18.2 Å². The van der Waals surface area contributed by atoms with E-state index < -0.39 is 28.6 Å². The second-order valence-corrected chi connectivity index (χ2v) is 3.86. The maximum Gasteiger partial charge on any atom is 0.419 e. The summed E-state index contributed by atoms with van der Waals surface area (Å²) in [6.45, 7) is 1.37. The monoisotopic (exact) mass is 252 g/mol. The van der Waals surface area contributed by atoms with Crippen LogP contribution in [0.4, 0.5) is 13.2 Å². The van der Waals surface area contributed by atoms with E-state index in [2.05, 4.69) is 0 Å². The van der Waals surface area contributed by atoms with Gasteiger partial charge >= 0.3 is 6.18 Å². The van der Waals surface area contributed by atoms with Gasteiger partial charge in [-0.05, 0) is 25.1 Å². The van der Waals surface area contributed by atoms with Gasteiger partial charge in [0.15, 0.2) is 5.78 Å². The summed E-state index contributed by atoms with van der Waals surface area (Å²) < 4.78 is 37.2. The molecule has 6 heteroatoms. The standard InChI is InChI=1S/C10H8ClF3O2/c1-5(11)9(16)6-2-3-8(15)7(4-6)10(12,13)14/h2-5,15H,1H3. The smallest absolute Gasteiger partial charge is 0.419 e. The Labute approximate surface area is 94.6 Å². The molecule has 88 valence electrons. The van der Waals surface area contributed by atoms with Crippen molar-refractivity contribution in [3.63, 3.8) is 0 Å². The predicted octanol–water partition coefficient (Wildman–Crippen LogP) is 3.22. The van der Waals surface area contributed by atoms with E-state index in [9.17, 15) is 18.0 Å². The largest absolute Gasteiger partial charge is 0.507 e. The molecule has 0 amide bonds. The molecule has 1 N–H and O–H groups in total. The molecule has 0 aliphatic rings. The molecular formula is C10H8ClF3O2. The summed E-state index contributed by atoms with van der Waals surface area (Å²) in [5.74, 6) is -1.53. The Morgan fingerprint density at radius 3 is 2.44 bits per heavy atom. The van der Waals surface area contributed by atoms with Gasteiger partial charge in [-0.1, -0.05) is 0 Å². The Hall–Kier alpha value is -1.23. The fourth-order valence-corrected chi connectivity index (χ4v) is 1.27. The summed E-state index contributed by atoms with van der Waals surface area (Å²) in [4.78, 5) is 11.4. The third kappa shape index (κ3) is 2.66. The Balaban J connectivity index is 3.23. The van der Waals surface area contributed by atoms with E-state index in [0.29, 0.717) is 6.07 Å². The molecule has 0 saturated carbocycles. The van der Waals surface area contributed by atoms with Crippen LogP contribution >= 0.6 is 11.6 Å². The molecule has 0 aromatic heterocycles. The molecular weight excluding hydrogens is 245 g/mol. The second kappa shape index (κ2) is 4.33. The van der Waals surface area contributed by atoms with Crippen LogP contribution in [0.2, 0.25) is 0 Å². The predicted molar refractivity (Wildman–Crippen MR) is 52.8 cm³/mol. The van der Waals surface area contributed by atoms with Crippen molar-refractivity contribution in [3.8, 4) is 5.75 Å². The molecule has 1 atom stereocenters. The van der Waals surface area contributed by atoms with Crippen LogP contribution in [0.25, 0.3) is 0 Å². The molecule has 0 aliphatic heterocycles. The number of halogens is 4. The van der Waals surface area contributed by atoms with Gasteiger partial charge in [-0.2, -0.15) is 13.2 Å². The first-order valence-corrected chi connectivity index (χ1v) is 4.75. The van der Waals surface area contributed by atoms with E-state index in [1.54, 1.807) is 0 Å². The van der Waals surface area contributed by atoms with Crippen LogP contribution < -0.4 is 0 Å². The van der Waals surface area contributed by atoms with Crippen molar-refractivity contribution in [1.82, 2.24) is 0 Å². The maximum atomic E-state index is 12.4. The van der Waals surface area contributed by atoms with Crippen molar-refractivity contribution >= 4 is 17.4 Å². The maximum absolute atomic E-state index is 12.4. The summed E-state index contributed by atoms with van der Waals surface area (Å²) in [5, 5.41) is 8.12. The number of benzene rings is 1. The van der Waals surface area contributed by atoms with Gasteiger partial charge in [0.25, 0.3) is 0 Å². The van der Waals surface area contributed by atoms with Crippen LogP contribution in [0, 0.1) is 0 Å². The van der Waals surface area contributed by atoms with Crippen molar-refractivity contribution in [3.05, 3.63) is 29.3 Å². The van der Waals surface area contributed by atoms with Crippen molar-refractivity contribution < 1.29 is 23.1 Å². The zero-order valence-electron chi connectivity index (χ0n) is 8.18. The highest BCUT2D eigenvalue weighted by atomic mass is 35.5. The molecule has 1 aromatic carbocycles. The highest BCUT2D eigenvalue weighted by Gasteiger charge is 2.34. The molecule has 0 heterocycles. The van der Waals surface area contributed by atoms with E-state index in [-0.39, 0.29) is 5.56 Å².